The first-order valence-electron chi connectivity index (χ1n) is 8.20. The van der Waals surface area contributed by atoms with Crippen LogP contribution in [0.3, 0.4) is 0 Å². The fraction of sp³-hybridized carbons (Fsp3) is 0.438. The topological polar surface area (TPSA) is 102 Å². The van der Waals surface area contributed by atoms with Crippen LogP contribution in [-0.2, 0) is 9.59 Å². The van der Waals surface area contributed by atoms with Crippen LogP contribution >= 0.6 is 11.8 Å². The number of carbonyl (C=O) groups is 2. The van der Waals surface area contributed by atoms with Crippen molar-refractivity contribution in [1.82, 2.24) is 30.4 Å². The molecule has 25 heavy (non-hydrogen) atoms. The number of rotatable bonds is 8. The van der Waals surface area contributed by atoms with Crippen LogP contribution in [0, 0.1) is 0 Å². The standard InChI is InChI=1S/C16H20N6O2S/c1-2-18-13(23)9-19-14(24)10-25-16-21-20-15(22(16)12-5-6-12)11-4-3-7-17-8-11/h3-4,7-8,12H,2,5-6,9-10H2,1H3,(H,18,23)(H,19,24). The van der Waals surface area contributed by atoms with E-state index in [1.807, 2.05) is 19.1 Å². The predicted octanol–water partition coefficient (Wildman–Crippen LogP) is 1.02. The van der Waals surface area contributed by atoms with E-state index in [9.17, 15) is 9.59 Å². The maximum absolute atomic E-state index is 11.9. The van der Waals surface area contributed by atoms with Crippen molar-refractivity contribution in [1.29, 1.82) is 0 Å². The molecule has 2 amide bonds. The van der Waals surface area contributed by atoms with E-state index in [0.29, 0.717) is 12.6 Å². The summed E-state index contributed by atoms with van der Waals surface area (Å²) < 4.78 is 2.08. The number of amides is 2. The molecule has 1 fully saturated rings. The first-order chi connectivity index (χ1) is 12.2. The van der Waals surface area contributed by atoms with E-state index < -0.39 is 0 Å². The van der Waals surface area contributed by atoms with Crippen LogP contribution in [-0.4, -0.2) is 50.4 Å². The molecule has 0 aliphatic heterocycles. The molecule has 8 nitrogen and oxygen atoms in total. The lowest BCUT2D eigenvalue weighted by Crippen LogP contribution is -2.37. The summed E-state index contributed by atoms with van der Waals surface area (Å²) in [6, 6.07) is 4.19. The van der Waals surface area contributed by atoms with Crippen LogP contribution in [0.5, 0.6) is 0 Å². The predicted molar refractivity (Wildman–Crippen MR) is 93.9 cm³/mol. The minimum absolute atomic E-state index is 0.0104. The van der Waals surface area contributed by atoms with E-state index in [1.54, 1.807) is 12.4 Å². The first kappa shape index (κ1) is 17.4. The second kappa shape index (κ2) is 8.11. The number of nitrogens with zero attached hydrogens (tertiary/aromatic N) is 4. The van der Waals surface area contributed by atoms with Crippen molar-refractivity contribution >= 4 is 23.6 Å². The highest BCUT2D eigenvalue weighted by atomic mass is 32.2. The highest BCUT2D eigenvalue weighted by Gasteiger charge is 2.30. The van der Waals surface area contributed by atoms with Gasteiger partial charge in [-0.1, -0.05) is 11.8 Å². The molecule has 2 N–H and O–H groups in total. The van der Waals surface area contributed by atoms with Gasteiger partial charge in [0.1, 0.15) is 0 Å². The normalized spacial score (nSPS) is 13.5. The summed E-state index contributed by atoms with van der Waals surface area (Å²) in [7, 11) is 0. The number of hydrogen-bond acceptors (Lipinski definition) is 6. The number of nitrogens with one attached hydrogen (secondary N) is 2. The van der Waals surface area contributed by atoms with Crippen LogP contribution < -0.4 is 10.6 Å². The summed E-state index contributed by atoms with van der Waals surface area (Å²) in [5.41, 5.74) is 0.912. The van der Waals surface area contributed by atoms with Gasteiger partial charge in [0.15, 0.2) is 11.0 Å². The third-order valence-electron chi connectivity index (χ3n) is 3.65. The molecule has 9 heteroatoms. The Labute approximate surface area is 149 Å². The van der Waals surface area contributed by atoms with E-state index in [-0.39, 0.29) is 24.1 Å². The average Bonchev–Trinajstić information content (AvgIpc) is 3.38. The average molecular weight is 360 g/mol. The molecule has 1 saturated carbocycles. The minimum Gasteiger partial charge on any atom is -0.355 e. The van der Waals surface area contributed by atoms with Crippen molar-refractivity contribution in [2.24, 2.45) is 0 Å². The van der Waals surface area contributed by atoms with Crippen molar-refractivity contribution in [3.63, 3.8) is 0 Å². The molecule has 0 atom stereocenters. The monoisotopic (exact) mass is 360 g/mol. The quantitative estimate of drug-likeness (QED) is 0.682. The summed E-state index contributed by atoms with van der Waals surface area (Å²) in [4.78, 5) is 27.4. The van der Waals surface area contributed by atoms with E-state index in [2.05, 4.69) is 30.4 Å². The van der Waals surface area contributed by atoms with E-state index in [4.69, 9.17) is 0 Å². The Morgan fingerprint density at radius 3 is 2.80 bits per heavy atom. The van der Waals surface area contributed by atoms with Crippen LogP contribution in [0.15, 0.2) is 29.7 Å². The highest BCUT2D eigenvalue weighted by Crippen LogP contribution is 2.40. The number of thioether (sulfide) groups is 1. The van der Waals surface area contributed by atoms with Gasteiger partial charge < -0.3 is 10.6 Å². The smallest absolute Gasteiger partial charge is 0.239 e. The van der Waals surface area contributed by atoms with Crippen LogP contribution in [0.1, 0.15) is 25.8 Å². The molecule has 0 bridgehead atoms. The van der Waals surface area contributed by atoms with Gasteiger partial charge in [-0.2, -0.15) is 0 Å². The van der Waals surface area contributed by atoms with Crippen molar-refractivity contribution in [2.75, 3.05) is 18.8 Å². The maximum atomic E-state index is 11.9. The van der Waals surface area contributed by atoms with Gasteiger partial charge in [-0.25, -0.2) is 0 Å². The Kier molecular flexibility index (Phi) is 5.64. The molecule has 0 saturated heterocycles. The minimum atomic E-state index is -0.204. The van der Waals surface area contributed by atoms with Crippen molar-refractivity contribution in [2.45, 2.75) is 31.0 Å². The SMILES string of the molecule is CCNC(=O)CNC(=O)CSc1nnc(-c2cccnc2)n1C1CC1. The molecule has 1 aliphatic carbocycles. The summed E-state index contributed by atoms with van der Waals surface area (Å²) in [5, 5.41) is 14.5. The van der Waals surface area contributed by atoms with Gasteiger partial charge in [-0.05, 0) is 31.9 Å². The zero-order chi connectivity index (χ0) is 17.6. The zero-order valence-electron chi connectivity index (χ0n) is 13.9. The molecule has 0 radical (unpaired) electrons. The highest BCUT2D eigenvalue weighted by molar-refractivity contribution is 7.99. The van der Waals surface area contributed by atoms with Gasteiger partial charge in [0.2, 0.25) is 11.8 Å². The van der Waals surface area contributed by atoms with Gasteiger partial charge in [-0.3, -0.25) is 19.1 Å². The largest absolute Gasteiger partial charge is 0.355 e. The fourth-order valence-corrected chi connectivity index (χ4v) is 3.18. The van der Waals surface area contributed by atoms with Crippen molar-refractivity contribution < 1.29 is 9.59 Å². The second-order valence-corrected chi connectivity index (χ2v) is 6.61. The Hall–Kier alpha value is -2.42. The second-order valence-electron chi connectivity index (χ2n) is 5.67. The summed E-state index contributed by atoms with van der Waals surface area (Å²) in [6.45, 7) is 2.37. The lowest BCUT2D eigenvalue weighted by atomic mass is 10.3. The maximum Gasteiger partial charge on any atom is 0.239 e. The Bertz CT molecular complexity index is 744. The van der Waals surface area contributed by atoms with E-state index in [1.165, 1.54) is 11.8 Å². The Morgan fingerprint density at radius 2 is 2.12 bits per heavy atom. The van der Waals surface area contributed by atoms with E-state index in [0.717, 1.165) is 29.4 Å². The number of pyridine rings is 1. The molecule has 0 spiro atoms. The molecular weight excluding hydrogens is 340 g/mol. The summed E-state index contributed by atoms with van der Waals surface area (Å²) in [5.74, 6) is 0.573. The molecule has 1 aliphatic rings. The molecule has 2 heterocycles. The van der Waals surface area contributed by atoms with Gasteiger partial charge in [0.25, 0.3) is 0 Å². The summed E-state index contributed by atoms with van der Waals surface area (Å²) in [6.07, 6.45) is 5.65. The van der Waals surface area contributed by atoms with Crippen LogP contribution in [0.4, 0.5) is 0 Å². The van der Waals surface area contributed by atoms with Gasteiger partial charge in [0, 0.05) is 30.5 Å². The zero-order valence-corrected chi connectivity index (χ0v) is 14.8. The Balaban J connectivity index is 1.62. The molecular formula is C16H20N6O2S. The van der Waals surface area contributed by atoms with Crippen LogP contribution in [0.25, 0.3) is 11.4 Å². The third-order valence-corrected chi connectivity index (χ3v) is 4.59. The van der Waals surface area contributed by atoms with Crippen molar-refractivity contribution in [3.05, 3.63) is 24.5 Å². The van der Waals surface area contributed by atoms with Gasteiger partial charge in [-0.15, -0.1) is 10.2 Å². The number of aromatic nitrogens is 4. The van der Waals surface area contributed by atoms with E-state index >= 15 is 0 Å². The number of carbonyl (C=O) groups excluding carboxylic acids is 2. The molecule has 2 aromatic rings. The van der Waals surface area contributed by atoms with Gasteiger partial charge >= 0.3 is 0 Å². The third kappa shape index (κ3) is 4.56. The lowest BCUT2D eigenvalue weighted by molar-refractivity contribution is -0.124. The van der Waals surface area contributed by atoms with Crippen molar-refractivity contribution in [3.8, 4) is 11.4 Å². The molecule has 0 unspecified atom stereocenters. The number of likely N-dealkylation sites (N-methyl/N-ethyl adjacent to an activating group) is 1. The first-order valence-corrected chi connectivity index (χ1v) is 9.19. The number of hydrogen-bond donors (Lipinski definition) is 2. The van der Waals surface area contributed by atoms with Crippen LogP contribution in [0.2, 0.25) is 0 Å². The lowest BCUT2D eigenvalue weighted by Gasteiger charge is -2.09. The molecule has 2 aromatic heterocycles. The molecule has 0 aromatic carbocycles. The molecule has 3 rings (SSSR count). The molecule has 132 valence electrons. The fourth-order valence-electron chi connectivity index (χ4n) is 2.35. The Morgan fingerprint density at radius 1 is 1.28 bits per heavy atom. The summed E-state index contributed by atoms with van der Waals surface area (Å²) >= 11 is 1.33. The van der Waals surface area contributed by atoms with Gasteiger partial charge in [0.05, 0.1) is 12.3 Å².